The molecule has 0 unspecified atom stereocenters. The van der Waals surface area contributed by atoms with E-state index in [1.54, 1.807) is 18.4 Å². The average Bonchev–Trinajstić information content (AvgIpc) is 2.68. The van der Waals surface area contributed by atoms with E-state index in [4.69, 9.17) is 4.42 Å². The second-order valence-electron chi connectivity index (χ2n) is 3.29. The first-order valence-corrected chi connectivity index (χ1v) is 4.78. The molecule has 0 aliphatic rings. The van der Waals surface area contributed by atoms with Crippen molar-refractivity contribution in [2.75, 3.05) is 7.05 Å². The van der Waals surface area contributed by atoms with E-state index in [1.165, 1.54) is 12.1 Å². The van der Waals surface area contributed by atoms with Gasteiger partial charge in [-0.2, -0.15) is 0 Å². The van der Waals surface area contributed by atoms with E-state index in [9.17, 15) is 4.39 Å². The molecule has 2 nitrogen and oxygen atoms in total. The molecule has 3 heteroatoms. The Morgan fingerprint density at radius 3 is 2.60 bits per heavy atom. The van der Waals surface area contributed by atoms with Crippen LogP contribution in [-0.4, -0.2) is 7.05 Å². The molecule has 0 saturated heterocycles. The van der Waals surface area contributed by atoms with Crippen molar-refractivity contribution in [3.63, 3.8) is 0 Å². The molecule has 1 aromatic heterocycles. The lowest BCUT2D eigenvalue weighted by Gasteiger charge is -2.01. The van der Waals surface area contributed by atoms with Crippen LogP contribution in [0, 0.1) is 5.82 Å². The number of nitrogens with one attached hydrogen (secondary N) is 1. The molecule has 78 valence electrons. The monoisotopic (exact) mass is 205 g/mol. The molecule has 0 bridgehead atoms. The summed E-state index contributed by atoms with van der Waals surface area (Å²) in [4.78, 5) is 0. The Morgan fingerprint density at radius 1 is 1.20 bits per heavy atom. The third kappa shape index (κ3) is 2.07. The second kappa shape index (κ2) is 4.28. The molecule has 0 saturated carbocycles. The third-order valence-corrected chi connectivity index (χ3v) is 2.24. The lowest BCUT2D eigenvalue weighted by atomic mass is 10.1. The Morgan fingerprint density at radius 2 is 1.93 bits per heavy atom. The fourth-order valence-corrected chi connectivity index (χ4v) is 1.52. The van der Waals surface area contributed by atoms with Gasteiger partial charge in [0, 0.05) is 5.56 Å². The van der Waals surface area contributed by atoms with Crippen molar-refractivity contribution >= 4 is 0 Å². The summed E-state index contributed by atoms with van der Waals surface area (Å²) in [6, 6.07) is 8.29. The van der Waals surface area contributed by atoms with Gasteiger partial charge in [0.2, 0.25) is 0 Å². The quantitative estimate of drug-likeness (QED) is 0.833. The van der Waals surface area contributed by atoms with Crippen molar-refractivity contribution in [2.24, 2.45) is 0 Å². The zero-order valence-corrected chi connectivity index (χ0v) is 8.46. The summed E-state index contributed by atoms with van der Waals surface area (Å²) in [7, 11) is 1.86. The maximum Gasteiger partial charge on any atom is 0.125 e. The van der Waals surface area contributed by atoms with E-state index in [0.717, 1.165) is 16.9 Å². The summed E-state index contributed by atoms with van der Waals surface area (Å²) in [5, 5.41) is 3.02. The molecular weight excluding hydrogens is 193 g/mol. The first-order chi connectivity index (χ1) is 7.31. The minimum absolute atomic E-state index is 0.225. The molecule has 1 N–H and O–H groups in total. The Hall–Kier alpha value is -1.61. The van der Waals surface area contributed by atoms with Crippen LogP contribution in [0.2, 0.25) is 0 Å². The van der Waals surface area contributed by atoms with E-state index in [-0.39, 0.29) is 5.82 Å². The molecule has 1 heterocycles. The normalized spacial score (nSPS) is 10.5. The molecule has 1 aromatic carbocycles. The van der Waals surface area contributed by atoms with Gasteiger partial charge in [0.1, 0.15) is 11.6 Å². The first-order valence-electron chi connectivity index (χ1n) is 4.78. The molecular formula is C12H12FNO. The molecule has 0 amide bonds. The Kier molecular flexibility index (Phi) is 2.83. The highest BCUT2D eigenvalue weighted by molar-refractivity contribution is 5.65. The highest BCUT2D eigenvalue weighted by atomic mass is 19.1. The van der Waals surface area contributed by atoms with Crippen LogP contribution >= 0.6 is 0 Å². The highest BCUT2D eigenvalue weighted by Gasteiger charge is 2.07. The fraction of sp³-hybridized carbons (Fsp3) is 0.167. The molecule has 0 radical (unpaired) electrons. The SMILES string of the molecule is CNCc1occc1-c1ccc(F)cc1. The van der Waals surface area contributed by atoms with E-state index in [0.29, 0.717) is 6.54 Å². The van der Waals surface area contributed by atoms with E-state index in [1.807, 2.05) is 13.1 Å². The fourth-order valence-electron chi connectivity index (χ4n) is 1.52. The summed E-state index contributed by atoms with van der Waals surface area (Å²) >= 11 is 0. The smallest absolute Gasteiger partial charge is 0.125 e. The minimum atomic E-state index is -0.225. The predicted molar refractivity (Wildman–Crippen MR) is 56.9 cm³/mol. The number of halogens is 1. The largest absolute Gasteiger partial charge is 0.467 e. The number of hydrogen-bond donors (Lipinski definition) is 1. The maximum absolute atomic E-state index is 12.7. The van der Waals surface area contributed by atoms with Gasteiger partial charge in [0.05, 0.1) is 12.8 Å². The standard InChI is InChI=1S/C12H12FNO/c1-14-8-12-11(6-7-15-12)9-2-4-10(13)5-3-9/h2-7,14H,8H2,1H3. The molecule has 0 aliphatic heterocycles. The summed E-state index contributed by atoms with van der Waals surface area (Å²) < 4.78 is 18.1. The van der Waals surface area contributed by atoms with Gasteiger partial charge in [0.15, 0.2) is 0 Å². The van der Waals surface area contributed by atoms with Gasteiger partial charge >= 0.3 is 0 Å². The van der Waals surface area contributed by atoms with Gasteiger partial charge in [0.25, 0.3) is 0 Å². The van der Waals surface area contributed by atoms with E-state index >= 15 is 0 Å². The molecule has 2 rings (SSSR count). The second-order valence-corrected chi connectivity index (χ2v) is 3.29. The van der Waals surface area contributed by atoms with Crippen molar-refractivity contribution < 1.29 is 8.81 Å². The van der Waals surface area contributed by atoms with Gasteiger partial charge in [-0.15, -0.1) is 0 Å². The molecule has 0 aliphatic carbocycles. The van der Waals surface area contributed by atoms with Gasteiger partial charge < -0.3 is 9.73 Å². The number of hydrogen-bond acceptors (Lipinski definition) is 2. The van der Waals surface area contributed by atoms with Crippen LogP contribution < -0.4 is 5.32 Å². The molecule has 0 spiro atoms. The first kappa shape index (κ1) is 9.93. The lowest BCUT2D eigenvalue weighted by molar-refractivity contribution is 0.497. The third-order valence-electron chi connectivity index (χ3n) is 2.24. The van der Waals surface area contributed by atoms with Gasteiger partial charge in [-0.1, -0.05) is 12.1 Å². The number of benzene rings is 1. The topological polar surface area (TPSA) is 25.2 Å². The van der Waals surface area contributed by atoms with Crippen molar-refractivity contribution in [1.82, 2.24) is 5.32 Å². The van der Waals surface area contributed by atoms with E-state index < -0.39 is 0 Å². The van der Waals surface area contributed by atoms with Crippen LogP contribution in [0.15, 0.2) is 41.0 Å². The zero-order chi connectivity index (χ0) is 10.7. The van der Waals surface area contributed by atoms with Crippen LogP contribution in [0.25, 0.3) is 11.1 Å². The summed E-state index contributed by atoms with van der Waals surface area (Å²) in [6.07, 6.45) is 1.64. The molecule has 0 fully saturated rings. The van der Waals surface area contributed by atoms with Crippen molar-refractivity contribution in [2.45, 2.75) is 6.54 Å². The summed E-state index contributed by atoms with van der Waals surface area (Å²) in [6.45, 7) is 0.666. The van der Waals surface area contributed by atoms with E-state index in [2.05, 4.69) is 5.32 Å². The van der Waals surface area contributed by atoms with Crippen LogP contribution in [0.1, 0.15) is 5.76 Å². The van der Waals surface area contributed by atoms with Crippen LogP contribution in [-0.2, 0) is 6.54 Å². The molecule has 2 aromatic rings. The molecule has 15 heavy (non-hydrogen) atoms. The van der Waals surface area contributed by atoms with Gasteiger partial charge in [-0.25, -0.2) is 4.39 Å². The minimum Gasteiger partial charge on any atom is -0.467 e. The Balaban J connectivity index is 2.36. The predicted octanol–water partition coefficient (Wildman–Crippen LogP) is 2.81. The Labute approximate surface area is 87.7 Å². The van der Waals surface area contributed by atoms with Crippen molar-refractivity contribution in [3.05, 3.63) is 48.2 Å². The van der Waals surface area contributed by atoms with Gasteiger partial charge in [-0.05, 0) is 30.8 Å². The van der Waals surface area contributed by atoms with Crippen molar-refractivity contribution in [1.29, 1.82) is 0 Å². The zero-order valence-electron chi connectivity index (χ0n) is 8.46. The van der Waals surface area contributed by atoms with Crippen LogP contribution in [0.5, 0.6) is 0 Å². The summed E-state index contributed by atoms with van der Waals surface area (Å²) in [5.41, 5.74) is 1.97. The number of rotatable bonds is 3. The molecule has 0 atom stereocenters. The lowest BCUT2D eigenvalue weighted by Crippen LogP contribution is -2.04. The number of furan rings is 1. The summed E-state index contributed by atoms with van der Waals surface area (Å²) in [5.74, 6) is 0.640. The van der Waals surface area contributed by atoms with Crippen LogP contribution in [0.3, 0.4) is 0 Å². The average molecular weight is 205 g/mol. The Bertz CT molecular complexity index is 433. The highest BCUT2D eigenvalue weighted by Crippen LogP contribution is 2.24. The van der Waals surface area contributed by atoms with Crippen LogP contribution in [0.4, 0.5) is 4.39 Å². The maximum atomic E-state index is 12.7. The van der Waals surface area contributed by atoms with Gasteiger partial charge in [-0.3, -0.25) is 0 Å². The van der Waals surface area contributed by atoms with Crippen molar-refractivity contribution in [3.8, 4) is 11.1 Å².